The van der Waals surface area contributed by atoms with Gasteiger partial charge in [0, 0.05) is 22.3 Å². The van der Waals surface area contributed by atoms with E-state index < -0.39 is 5.91 Å². The topological polar surface area (TPSA) is 83.0 Å². The fourth-order valence-electron chi connectivity index (χ4n) is 4.82. The number of halogens is 1. The lowest BCUT2D eigenvalue weighted by molar-refractivity contribution is -0.114. The molecule has 3 heterocycles. The first-order chi connectivity index (χ1) is 16.4. The summed E-state index contributed by atoms with van der Waals surface area (Å²) in [6.45, 7) is 3.95. The maximum Gasteiger partial charge on any atom is 0.283 e. The van der Waals surface area contributed by atoms with Crippen LogP contribution in [-0.2, 0) is 4.79 Å². The molecule has 0 saturated heterocycles. The largest absolute Gasteiger partial charge is 0.495 e. The Labute approximate surface area is 208 Å². The van der Waals surface area contributed by atoms with Gasteiger partial charge in [0.25, 0.3) is 5.91 Å². The predicted molar refractivity (Wildman–Crippen MR) is 138 cm³/mol. The van der Waals surface area contributed by atoms with Crippen molar-refractivity contribution in [2.45, 2.75) is 46.0 Å². The highest BCUT2D eigenvalue weighted by atomic mass is 35.5. The van der Waals surface area contributed by atoms with Gasteiger partial charge < -0.3 is 9.30 Å². The lowest BCUT2D eigenvalue weighted by Gasteiger charge is -2.20. The molecule has 0 unspecified atom stereocenters. The van der Waals surface area contributed by atoms with Crippen molar-refractivity contribution in [2.75, 3.05) is 7.11 Å². The maximum atomic E-state index is 12.9. The Morgan fingerprint density at radius 3 is 2.71 bits per heavy atom. The van der Waals surface area contributed by atoms with E-state index in [1.54, 1.807) is 19.3 Å². The van der Waals surface area contributed by atoms with Crippen LogP contribution in [0.2, 0.25) is 5.02 Å². The molecule has 34 heavy (non-hydrogen) atoms. The van der Waals surface area contributed by atoms with Crippen LogP contribution < -0.4 is 4.74 Å². The lowest BCUT2D eigenvalue weighted by atomic mass is 9.90. The third-order valence-electron chi connectivity index (χ3n) is 6.58. The Morgan fingerprint density at radius 2 is 1.97 bits per heavy atom. The number of aliphatic imine (C=N–C) groups is 1. The van der Waals surface area contributed by atoms with Crippen molar-refractivity contribution in [3.05, 3.63) is 51.8 Å². The molecule has 1 aromatic heterocycles. The zero-order chi connectivity index (χ0) is 24.0. The molecule has 0 spiro atoms. The van der Waals surface area contributed by atoms with Crippen molar-refractivity contribution < 1.29 is 9.53 Å². The van der Waals surface area contributed by atoms with Gasteiger partial charge in [0.05, 0.1) is 18.4 Å². The number of hydrogen-bond acceptors (Lipinski definition) is 5. The summed E-state index contributed by atoms with van der Waals surface area (Å²) in [4.78, 5) is 17.2. The van der Waals surface area contributed by atoms with E-state index in [2.05, 4.69) is 4.99 Å². The second-order valence-electron chi connectivity index (χ2n) is 8.77. The minimum absolute atomic E-state index is 0.0680. The van der Waals surface area contributed by atoms with Crippen molar-refractivity contribution in [1.82, 2.24) is 9.58 Å². The molecule has 0 atom stereocenters. The molecular weight excluding hydrogens is 470 g/mol. The zero-order valence-corrected chi connectivity index (χ0v) is 21.0. The van der Waals surface area contributed by atoms with Crippen LogP contribution in [0.3, 0.4) is 0 Å². The highest BCUT2D eigenvalue weighted by molar-refractivity contribution is 8.27. The number of ether oxygens (including phenoxy) is 1. The number of methoxy groups -OCH3 is 1. The normalized spacial score (nSPS) is 20.0. The third kappa shape index (κ3) is 3.99. The first-order valence-corrected chi connectivity index (χ1v) is 12.6. The van der Waals surface area contributed by atoms with E-state index in [9.17, 15) is 4.79 Å². The minimum Gasteiger partial charge on any atom is -0.495 e. The summed E-state index contributed by atoms with van der Waals surface area (Å²) >= 11 is 7.70. The van der Waals surface area contributed by atoms with Gasteiger partial charge in [-0.25, -0.2) is 0 Å². The van der Waals surface area contributed by atoms with Gasteiger partial charge in [-0.15, -0.1) is 0 Å². The molecule has 9 heteroatoms. The smallest absolute Gasteiger partial charge is 0.283 e. The number of carbonyl (C=O) groups excluding carboxylic acids is 1. The summed E-state index contributed by atoms with van der Waals surface area (Å²) in [6, 6.07) is 7.45. The lowest BCUT2D eigenvalue weighted by Crippen LogP contribution is -2.35. The fourth-order valence-corrected chi connectivity index (χ4v) is 6.04. The number of fused-ring (bicyclic) bond motifs is 1. The van der Waals surface area contributed by atoms with Gasteiger partial charge in [0.1, 0.15) is 10.8 Å². The van der Waals surface area contributed by atoms with E-state index >= 15 is 0 Å². The molecule has 0 bridgehead atoms. The van der Waals surface area contributed by atoms with Crippen molar-refractivity contribution in [2.24, 2.45) is 16.0 Å². The number of thioether (sulfide) groups is 1. The quantitative estimate of drug-likeness (QED) is 0.531. The van der Waals surface area contributed by atoms with Gasteiger partial charge in [-0.3, -0.25) is 10.2 Å². The van der Waals surface area contributed by atoms with Gasteiger partial charge in [-0.2, -0.15) is 15.1 Å². The number of nitrogens with one attached hydrogen (secondary N) is 1. The molecule has 3 aliphatic rings. The van der Waals surface area contributed by atoms with Gasteiger partial charge in [0.15, 0.2) is 5.84 Å². The third-order valence-corrected chi connectivity index (χ3v) is 7.88. The summed E-state index contributed by atoms with van der Waals surface area (Å²) < 4.78 is 7.58. The molecule has 1 aromatic carbocycles. The summed E-state index contributed by atoms with van der Waals surface area (Å²) in [5.41, 5.74) is 3.74. The number of carbonyl (C=O) groups is 1. The molecule has 2 aromatic rings. The van der Waals surface area contributed by atoms with Crippen molar-refractivity contribution in [3.8, 4) is 11.4 Å². The number of hydrogen-bond donors (Lipinski definition) is 1. The summed E-state index contributed by atoms with van der Waals surface area (Å²) in [5, 5.41) is 17.0. The summed E-state index contributed by atoms with van der Waals surface area (Å²) in [6.07, 6.45) is 7.61. The van der Waals surface area contributed by atoms with E-state index in [1.165, 1.54) is 36.0 Å². The Bertz CT molecular complexity index is 1290. The molecule has 5 rings (SSSR count). The molecule has 1 saturated carbocycles. The van der Waals surface area contributed by atoms with Crippen molar-refractivity contribution >= 4 is 51.4 Å². The average molecular weight is 496 g/mol. The molecule has 1 N–H and O–H groups in total. The first-order valence-electron chi connectivity index (χ1n) is 11.4. The summed E-state index contributed by atoms with van der Waals surface area (Å²) in [5.74, 6) is 0.751. The van der Waals surface area contributed by atoms with Crippen LogP contribution in [0.25, 0.3) is 11.8 Å². The SMILES string of the molecule is COc1ccc(Cl)cc1-n1c(C)cc(/C=C2\C(=N)N3N=C(C4CCCCC4)SC3=NC2=O)c1C. The Hall–Kier alpha value is -2.84. The Balaban J connectivity index is 1.50. The monoisotopic (exact) mass is 495 g/mol. The Kier molecular flexibility index (Phi) is 6.12. The second kappa shape index (κ2) is 9.07. The summed E-state index contributed by atoms with van der Waals surface area (Å²) in [7, 11) is 1.62. The Morgan fingerprint density at radius 1 is 1.21 bits per heavy atom. The molecule has 7 nitrogen and oxygen atoms in total. The van der Waals surface area contributed by atoms with E-state index in [-0.39, 0.29) is 11.4 Å². The van der Waals surface area contributed by atoms with Crippen LogP contribution in [0, 0.1) is 25.2 Å². The van der Waals surface area contributed by atoms with Gasteiger partial charge in [-0.05, 0) is 74.4 Å². The molecule has 2 aliphatic heterocycles. The number of benzene rings is 1. The number of rotatable bonds is 4. The number of aryl methyl sites for hydroxylation is 1. The molecule has 0 radical (unpaired) electrons. The fraction of sp³-hybridized carbons (Fsp3) is 0.360. The van der Waals surface area contributed by atoms with E-state index in [0.29, 0.717) is 21.9 Å². The molecule has 1 amide bonds. The van der Waals surface area contributed by atoms with Crippen LogP contribution in [0.5, 0.6) is 5.75 Å². The van der Waals surface area contributed by atoms with Gasteiger partial charge in [0.2, 0.25) is 5.17 Å². The zero-order valence-electron chi connectivity index (χ0n) is 19.4. The first kappa shape index (κ1) is 22.9. The average Bonchev–Trinajstić information content (AvgIpc) is 3.37. The van der Waals surface area contributed by atoms with Crippen LogP contribution >= 0.6 is 23.4 Å². The van der Waals surface area contributed by atoms with E-state index in [1.807, 2.05) is 36.6 Å². The highest BCUT2D eigenvalue weighted by Crippen LogP contribution is 2.37. The highest BCUT2D eigenvalue weighted by Gasteiger charge is 2.38. The molecule has 1 fully saturated rings. The maximum absolute atomic E-state index is 12.9. The predicted octanol–water partition coefficient (Wildman–Crippen LogP) is 5.96. The van der Waals surface area contributed by atoms with Crippen molar-refractivity contribution in [1.29, 1.82) is 5.41 Å². The standard InChI is InChI=1S/C25H26ClN5O2S/c1-14-11-17(15(2)30(14)20-13-18(26)9-10-21(20)33-3)12-19-22(27)31-25(28-23(19)32)34-24(29-31)16-7-5-4-6-8-16/h9-13,16,27H,4-8H2,1-3H3/b19-12+,27-22?. The second-order valence-corrected chi connectivity index (χ2v) is 10.2. The number of aromatic nitrogens is 1. The number of amidine groups is 2. The minimum atomic E-state index is -0.408. The van der Waals surface area contributed by atoms with Crippen LogP contribution in [0.15, 0.2) is 39.9 Å². The number of amides is 1. The van der Waals surface area contributed by atoms with E-state index in [4.69, 9.17) is 26.8 Å². The number of nitrogens with zero attached hydrogens (tertiary/aromatic N) is 4. The molecule has 176 valence electrons. The van der Waals surface area contributed by atoms with Gasteiger partial charge in [-0.1, -0.05) is 30.9 Å². The van der Waals surface area contributed by atoms with Crippen LogP contribution in [0.1, 0.15) is 49.1 Å². The van der Waals surface area contributed by atoms with Gasteiger partial charge >= 0.3 is 0 Å². The number of hydrazone groups is 1. The van der Waals surface area contributed by atoms with E-state index in [0.717, 1.165) is 40.5 Å². The van der Waals surface area contributed by atoms with Crippen LogP contribution in [-0.4, -0.2) is 38.6 Å². The van der Waals surface area contributed by atoms with Crippen molar-refractivity contribution in [3.63, 3.8) is 0 Å². The van der Waals surface area contributed by atoms with Crippen LogP contribution in [0.4, 0.5) is 0 Å². The molecule has 1 aliphatic carbocycles. The molecular formula is C25H26ClN5O2S.